The molecule has 8 nitrogen and oxygen atoms in total. The third-order valence-electron chi connectivity index (χ3n) is 5.88. The summed E-state index contributed by atoms with van der Waals surface area (Å²) in [4.78, 5) is 25.1. The summed E-state index contributed by atoms with van der Waals surface area (Å²) in [7, 11) is 0. The molecule has 0 bridgehead atoms. The molecular formula is C28H57N3O5. The molecule has 0 aliphatic heterocycles. The highest BCUT2D eigenvalue weighted by Crippen LogP contribution is 2.23. The largest absolute Gasteiger partial charge is 0.377 e. The molecule has 0 aromatic carbocycles. The Kier molecular flexibility index (Phi) is 14.7. The van der Waals surface area contributed by atoms with Crippen LogP contribution in [0.4, 0.5) is 0 Å². The number of ether oxygens (including phenoxy) is 3. The monoisotopic (exact) mass is 515 g/mol. The van der Waals surface area contributed by atoms with E-state index >= 15 is 0 Å². The van der Waals surface area contributed by atoms with E-state index in [1.807, 2.05) is 69.2 Å². The zero-order valence-corrected chi connectivity index (χ0v) is 25.4. The highest BCUT2D eigenvalue weighted by molar-refractivity contribution is 5.82. The van der Waals surface area contributed by atoms with Crippen molar-refractivity contribution >= 4 is 11.8 Å². The minimum atomic E-state index is -0.667. The summed E-state index contributed by atoms with van der Waals surface area (Å²) in [5, 5.41) is 9.43. The molecule has 0 heterocycles. The molecule has 0 atom stereocenters. The van der Waals surface area contributed by atoms with E-state index in [1.165, 1.54) is 0 Å². The molecule has 0 fully saturated rings. The van der Waals surface area contributed by atoms with Crippen LogP contribution in [0.15, 0.2) is 0 Å². The van der Waals surface area contributed by atoms with Gasteiger partial charge in [-0.2, -0.15) is 0 Å². The van der Waals surface area contributed by atoms with Crippen LogP contribution < -0.4 is 16.0 Å². The van der Waals surface area contributed by atoms with Crippen LogP contribution in [0.25, 0.3) is 0 Å². The van der Waals surface area contributed by atoms with Gasteiger partial charge in [-0.3, -0.25) is 9.59 Å². The van der Waals surface area contributed by atoms with Gasteiger partial charge in [-0.1, -0.05) is 13.8 Å². The third-order valence-corrected chi connectivity index (χ3v) is 5.88. The Bertz CT molecular complexity index is 658. The highest BCUT2D eigenvalue weighted by atomic mass is 16.5. The summed E-state index contributed by atoms with van der Waals surface area (Å²) >= 11 is 0. The van der Waals surface area contributed by atoms with Crippen LogP contribution in [0.1, 0.15) is 102 Å². The molecule has 2 amide bonds. The van der Waals surface area contributed by atoms with Crippen LogP contribution in [-0.2, 0) is 23.8 Å². The Balaban J connectivity index is 4.48. The van der Waals surface area contributed by atoms with Gasteiger partial charge < -0.3 is 30.2 Å². The first kappa shape index (κ1) is 34.8. The van der Waals surface area contributed by atoms with Crippen molar-refractivity contribution in [1.29, 1.82) is 0 Å². The van der Waals surface area contributed by atoms with Crippen LogP contribution in [-0.4, -0.2) is 73.6 Å². The lowest BCUT2D eigenvalue weighted by Crippen LogP contribution is -2.52. The van der Waals surface area contributed by atoms with E-state index in [2.05, 4.69) is 29.8 Å². The number of nitrogens with one attached hydrogen (secondary N) is 3. The quantitative estimate of drug-likeness (QED) is 0.223. The van der Waals surface area contributed by atoms with E-state index in [1.54, 1.807) is 0 Å². The van der Waals surface area contributed by atoms with Gasteiger partial charge in [0.05, 0.1) is 35.9 Å². The first-order valence-electron chi connectivity index (χ1n) is 13.5. The Morgan fingerprint density at radius 3 is 1.97 bits per heavy atom. The number of rotatable bonds is 19. The van der Waals surface area contributed by atoms with E-state index in [0.29, 0.717) is 51.7 Å². The van der Waals surface area contributed by atoms with Gasteiger partial charge in [0.2, 0.25) is 11.8 Å². The second kappa shape index (κ2) is 15.3. The van der Waals surface area contributed by atoms with E-state index in [4.69, 9.17) is 14.2 Å². The Labute approximate surface area is 221 Å². The van der Waals surface area contributed by atoms with E-state index in [9.17, 15) is 9.59 Å². The second-order valence-corrected chi connectivity index (χ2v) is 12.9. The Morgan fingerprint density at radius 1 is 0.806 bits per heavy atom. The number of carbonyl (C=O) groups excluding carboxylic acids is 2. The summed E-state index contributed by atoms with van der Waals surface area (Å²) in [6.07, 6.45) is 1.82. The maximum Gasteiger partial charge on any atom is 0.228 e. The van der Waals surface area contributed by atoms with Gasteiger partial charge in [-0.15, -0.1) is 0 Å². The standard InChI is InChI=1S/C28H57N3O5/c1-21(2)30-19-28(11,12)36-20-25(5,6)24(33)31-26(7,8)15-17-35-27(9,10)14-13-23(32)29-16-18-34-22(3)4/h21-22,30H,13-20H2,1-12H3,(H,29,32)(H,31,33). The first-order chi connectivity index (χ1) is 16.3. The lowest BCUT2D eigenvalue weighted by Gasteiger charge is -2.35. The summed E-state index contributed by atoms with van der Waals surface area (Å²) in [6.45, 7) is 26.6. The maximum atomic E-state index is 13.0. The van der Waals surface area contributed by atoms with Crippen molar-refractivity contribution in [2.45, 2.75) is 131 Å². The van der Waals surface area contributed by atoms with Crippen molar-refractivity contribution < 1.29 is 23.8 Å². The average molecular weight is 516 g/mol. The van der Waals surface area contributed by atoms with Gasteiger partial charge in [0.15, 0.2) is 0 Å². The smallest absolute Gasteiger partial charge is 0.228 e. The Morgan fingerprint density at radius 2 is 1.42 bits per heavy atom. The first-order valence-corrected chi connectivity index (χ1v) is 13.5. The number of hydrogen-bond donors (Lipinski definition) is 3. The third kappa shape index (κ3) is 17.3. The normalized spacial score (nSPS) is 13.4. The maximum absolute atomic E-state index is 13.0. The van der Waals surface area contributed by atoms with E-state index < -0.39 is 16.6 Å². The van der Waals surface area contributed by atoms with E-state index in [-0.39, 0.29) is 23.5 Å². The molecule has 0 radical (unpaired) electrons. The fourth-order valence-corrected chi connectivity index (χ4v) is 3.12. The predicted molar refractivity (Wildman–Crippen MR) is 147 cm³/mol. The van der Waals surface area contributed by atoms with Gasteiger partial charge in [0, 0.05) is 37.7 Å². The van der Waals surface area contributed by atoms with E-state index in [0.717, 1.165) is 6.54 Å². The van der Waals surface area contributed by atoms with Crippen molar-refractivity contribution in [2.24, 2.45) is 5.41 Å². The summed E-state index contributed by atoms with van der Waals surface area (Å²) in [6, 6.07) is 0.379. The molecule has 0 saturated carbocycles. The fraction of sp³-hybridized carbons (Fsp3) is 0.929. The molecule has 0 aromatic heterocycles. The van der Waals surface area contributed by atoms with Crippen molar-refractivity contribution in [3.63, 3.8) is 0 Å². The van der Waals surface area contributed by atoms with Crippen molar-refractivity contribution in [3.05, 3.63) is 0 Å². The van der Waals surface area contributed by atoms with Crippen LogP contribution in [0.3, 0.4) is 0 Å². The van der Waals surface area contributed by atoms with Crippen molar-refractivity contribution in [2.75, 3.05) is 32.9 Å². The molecule has 36 heavy (non-hydrogen) atoms. The van der Waals surface area contributed by atoms with Crippen LogP contribution >= 0.6 is 0 Å². The van der Waals surface area contributed by atoms with Gasteiger partial charge in [-0.05, 0) is 82.1 Å². The highest BCUT2D eigenvalue weighted by Gasteiger charge is 2.34. The van der Waals surface area contributed by atoms with Crippen LogP contribution in [0, 0.1) is 5.41 Å². The zero-order valence-electron chi connectivity index (χ0n) is 25.4. The second-order valence-electron chi connectivity index (χ2n) is 12.9. The minimum absolute atomic E-state index is 0.000704. The molecule has 0 spiro atoms. The molecule has 214 valence electrons. The lowest BCUT2D eigenvalue weighted by atomic mass is 9.90. The Hall–Kier alpha value is -1.22. The predicted octanol–water partition coefficient (Wildman–Crippen LogP) is 4.21. The fourth-order valence-electron chi connectivity index (χ4n) is 3.12. The molecule has 0 rings (SSSR count). The SMILES string of the molecule is CC(C)NCC(C)(C)OCC(C)(C)C(=O)NC(C)(C)CCOC(C)(C)CCC(=O)NCCOC(C)C. The summed E-state index contributed by atoms with van der Waals surface area (Å²) < 4.78 is 17.6. The van der Waals surface area contributed by atoms with Crippen LogP contribution in [0.5, 0.6) is 0 Å². The molecule has 0 unspecified atom stereocenters. The lowest BCUT2D eigenvalue weighted by molar-refractivity contribution is -0.138. The molecular weight excluding hydrogens is 458 g/mol. The van der Waals surface area contributed by atoms with Gasteiger partial charge in [-0.25, -0.2) is 0 Å². The number of amides is 2. The number of hydrogen-bond acceptors (Lipinski definition) is 6. The van der Waals surface area contributed by atoms with Crippen molar-refractivity contribution in [3.8, 4) is 0 Å². The topological polar surface area (TPSA) is 97.9 Å². The van der Waals surface area contributed by atoms with Gasteiger partial charge in [0.25, 0.3) is 0 Å². The molecule has 0 aliphatic carbocycles. The number of carbonyl (C=O) groups is 2. The minimum Gasteiger partial charge on any atom is -0.377 e. The van der Waals surface area contributed by atoms with Crippen LogP contribution in [0.2, 0.25) is 0 Å². The zero-order chi connectivity index (χ0) is 28.2. The molecule has 0 aliphatic rings. The van der Waals surface area contributed by atoms with Crippen molar-refractivity contribution in [1.82, 2.24) is 16.0 Å². The molecule has 8 heteroatoms. The molecule has 0 saturated heterocycles. The van der Waals surface area contributed by atoms with Gasteiger partial charge >= 0.3 is 0 Å². The average Bonchev–Trinajstić information content (AvgIpc) is 2.72. The summed E-state index contributed by atoms with van der Waals surface area (Å²) in [5.41, 5.74) is -1.91. The molecule has 3 N–H and O–H groups in total. The van der Waals surface area contributed by atoms with Gasteiger partial charge in [0.1, 0.15) is 0 Å². The summed E-state index contributed by atoms with van der Waals surface area (Å²) in [5.74, 6) is -0.0447. The molecule has 0 aromatic rings.